The summed E-state index contributed by atoms with van der Waals surface area (Å²) in [7, 11) is 0. The van der Waals surface area contributed by atoms with Crippen molar-refractivity contribution in [2.45, 2.75) is 65.0 Å². The lowest BCUT2D eigenvalue weighted by Crippen LogP contribution is -2.46. The van der Waals surface area contributed by atoms with Gasteiger partial charge in [-0.3, -0.25) is 9.69 Å². The van der Waals surface area contributed by atoms with Crippen molar-refractivity contribution in [3.8, 4) is 0 Å². The monoisotopic (exact) mass is 334 g/mol. The summed E-state index contributed by atoms with van der Waals surface area (Å²) >= 11 is 1.79. The molecule has 3 rings (SSSR count). The lowest BCUT2D eigenvalue weighted by atomic mass is 9.80. The van der Waals surface area contributed by atoms with Gasteiger partial charge in [0.05, 0.1) is 12.6 Å². The Bertz CT molecular complexity index is 525. The first-order chi connectivity index (χ1) is 11.0. The summed E-state index contributed by atoms with van der Waals surface area (Å²) in [6.45, 7) is 9.59. The third kappa shape index (κ3) is 3.48. The molecule has 2 aliphatic rings. The maximum Gasteiger partial charge on any atom is 0.237 e. The predicted molar refractivity (Wildman–Crippen MR) is 96.7 cm³/mol. The summed E-state index contributed by atoms with van der Waals surface area (Å²) in [5.41, 5.74) is 0.301. The van der Waals surface area contributed by atoms with Crippen LogP contribution in [0.5, 0.6) is 0 Å². The van der Waals surface area contributed by atoms with Gasteiger partial charge in [-0.15, -0.1) is 11.3 Å². The fourth-order valence-corrected chi connectivity index (χ4v) is 5.12. The number of rotatable bonds is 5. The van der Waals surface area contributed by atoms with Crippen LogP contribution in [0.2, 0.25) is 0 Å². The van der Waals surface area contributed by atoms with Gasteiger partial charge in [-0.2, -0.15) is 0 Å². The molecule has 0 bridgehead atoms. The van der Waals surface area contributed by atoms with Gasteiger partial charge in [0.2, 0.25) is 5.91 Å². The number of hydrogen-bond acceptors (Lipinski definition) is 3. The lowest BCUT2D eigenvalue weighted by Gasteiger charge is -2.38. The molecular formula is C19H30N2OS. The molecule has 0 spiro atoms. The Morgan fingerprint density at radius 2 is 2.09 bits per heavy atom. The van der Waals surface area contributed by atoms with Crippen LogP contribution in [0.15, 0.2) is 17.5 Å². The first-order valence-electron chi connectivity index (χ1n) is 9.10. The topological polar surface area (TPSA) is 23.6 Å². The van der Waals surface area contributed by atoms with E-state index in [0.717, 1.165) is 25.9 Å². The van der Waals surface area contributed by atoms with Gasteiger partial charge >= 0.3 is 0 Å². The highest BCUT2D eigenvalue weighted by molar-refractivity contribution is 7.10. The van der Waals surface area contributed by atoms with Crippen LogP contribution < -0.4 is 0 Å². The molecule has 1 amide bonds. The molecule has 0 aliphatic carbocycles. The SMILES string of the molecule is CCC(C)(C)[C@@H]1CCCN1CC(=O)N1CCC[C@H]1c1cccs1. The van der Waals surface area contributed by atoms with E-state index in [4.69, 9.17) is 0 Å². The number of hydrogen-bond donors (Lipinski definition) is 0. The van der Waals surface area contributed by atoms with Crippen molar-refractivity contribution in [1.29, 1.82) is 0 Å². The summed E-state index contributed by atoms with van der Waals surface area (Å²) in [5.74, 6) is 0.333. The summed E-state index contributed by atoms with van der Waals surface area (Å²) in [5, 5.41) is 2.12. The van der Waals surface area contributed by atoms with Crippen molar-refractivity contribution < 1.29 is 4.79 Å². The quantitative estimate of drug-likeness (QED) is 0.801. The summed E-state index contributed by atoms with van der Waals surface area (Å²) in [6.07, 6.45) is 5.90. The van der Waals surface area contributed by atoms with E-state index in [2.05, 4.69) is 48.1 Å². The second-order valence-corrected chi connectivity index (χ2v) is 8.71. The van der Waals surface area contributed by atoms with Crippen molar-refractivity contribution in [3.05, 3.63) is 22.4 Å². The van der Waals surface area contributed by atoms with Gasteiger partial charge in [0.15, 0.2) is 0 Å². The molecule has 0 N–H and O–H groups in total. The molecule has 2 fully saturated rings. The van der Waals surface area contributed by atoms with E-state index in [-0.39, 0.29) is 0 Å². The van der Waals surface area contributed by atoms with Crippen LogP contribution in [-0.4, -0.2) is 41.4 Å². The summed E-state index contributed by atoms with van der Waals surface area (Å²) in [6, 6.07) is 5.16. The van der Waals surface area contributed by atoms with Gasteiger partial charge in [-0.1, -0.05) is 26.8 Å². The first-order valence-corrected chi connectivity index (χ1v) is 9.98. The number of thiophene rings is 1. The standard InChI is InChI=1S/C19H30N2OS/c1-4-19(2,3)17-10-6-11-20(17)14-18(22)21-12-5-8-15(21)16-9-7-13-23-16/h7,9,13,15,17H,4-6,8,10-12,14H2,1-3H3/t15-,17-/m0/s1. The zero-order valence-electron chi connectivity index (χ0n) is 14.8. The predicted octanol–water partition coefficient (Wildman–Crippen LogP) is 4.31. The molecule has 2 aliphatic heterocycles. The number of amides is 1. The van der Waals surface area contributed by atoms with E-state index in [1.54, 1.807) is 11.3 Å². The molecule has 0 radical (unpaired) electrons. The Balaban J connectivity index is 1.66. The molecule has 2 atom stereocenters. The van der Waals surface area contributed by atoms with Crippen molar-refractivity contribution >= 4 is 17.2 Å². The molecule has 128 valence electrons. The van der Waals surface area contributed by atoms with Crippen LogP contribution in [0.25, 0.3) is 0 Å². The maximum atomic E-state index is 13.0. The minimum Gasteiger partial charge on any atom is -0.334 e. The highest BCUT2D eigenvalue weighted by Crippen LogP contribution is 2.37. The molecule has 23 heavy (non-hydrogen) atoms. The van der Waals surface area contributed by atoms with E-state index in [0.29, 0.717) is 30.0 Å². The zero-order chi connectivity index (χ0) is 16.4. The Labute approximate surface area is 144 Å². The fourth-order valence-electron chi connectivity index (χ4n) is 4.24. The molecule has 1 aromatic heterocycles. The molecule has 2 saturated heterocycles. The second kappa shape index (κ2) is 6.94. The minimum atomic E-state index is 0.301. The molecular weight excluding hydrogens is 304 g/mol. The van der Waals surface area contributed by atoms with Crippen molar-refractivity contribution in [1.82, 2.24) is 9.80 Å². The van der Waals surface area contributed by atoms with Gasteiger partial charge in [0.25, 0.3) is 0 Å². The van der Waals surface area contributed by atoms with Crippen LogP contribution in [0.1, 0.15) is 63.8 Å². The first kappa shape index (κ1) is 17.0. The number of carbonyl (C=O) groups is 1. The number of likely N-dealkylation sites (tertiary alicyclic amines) is 2. The molecule has 3 nitrogen and oxygen atoms in total. The molecule has 0 aromatic carbocycles. The van der Waals surface area contributed by atoms with Crippen molar-refractivity contribution in [2.24, 2.45) is 5.41 Å². The van der Waals surface area contributed by atoms with Crippen LogP contribution in [0, 0.1) is 5.41 Å². The van der Waals surface area contributed by atoms with Gasteiger partial charge in [-0.25, -0.2) is 0 Å². The van der Waals surface area contributed by atoms with E-state index < -0.39 is 0 Å². The third-order valence-corrected chi connectivity index (χ3v) is 6.93. The average Bonchev–Trinajstić information content (AvgIpc) is 3.26. The van der Waals surface area contributed by atoms with Crippen LogP contribution in [0.3, 0.4) is 0 Å². The maximum absolute atomic E-state index is 13.0. The molecule has 0 saturated carbocycles. The molecule has 3 heterocycles. The van der Waals surface area contributed by atoms with E-state index in [1.165, 1.54) is 24.1 Å². The number of carbonyl (C=O) groups excluding carboxylic acids is 1. The van der Waals surface area contributed by atoms with E-state index >= 15 is 0 Å². The smallest absolute Gasteiger partial charge is 0.237 e. The molecule has 1 aromatic rings. The van der Waals surface area contributed by atoms with Gasteiger partial charge < -0.3 is 4.90 Å². The van der Waals surface area contributed by atoms with Gasteiger partial charge in [0.1, 0.15) is 0 Å². The molecule has 4 heteroatoms. The highest BCUT2D eigenvalue weighted by Gasteiger charge is 2.38. The summed E-state index contributed by atoms with van der Waals surface area (Å²) in [4.78, 5) is 18.9. The van der Waals surface area contributed by atoms with Gasteiger partial charge in [-0.05, 0) is 55.5 Å². The van der Waals surface area contributed by atoms with E-state index in [1.807, 2.05) is 0 Å². The van der Waals surface area contributed by atoms with Crippen molar-refractivity contribution in [3.63, 3.8) is 0 Å². The second-order valence-electron chi connectivity index (χ2n) is 7.73. The van der Waals surface area contributed by atoms with Crippen LogP contribution in [0.4, 0.5) is 0 Å². The highest BCUT2D eigenvalue weighted by atomic mass is 32.1. The Hall–Kier alpha value is -0.870. The van der Waals surface area contributed by atoms with Crippen LogP contribution >= 0.6 is 11.3 Å². The summed E-state index contributed by atoms with van der Waals surface area (Å²) < 4.78 is 0. The lowest BCUT2D eigenvalue weighted by molar-refractivity contribution is -0.134. The minimum absolute atomic E-state index is 0.301. The van der Waals surface area contributed by atoms with Gasteiger partial charge in [0, 0.05) is 17.5 Å². The van der Waals surface area contributed by atoms with Crippen molar-refractivity contribution in [2.75, 3.05) is 19.6 Å². The van der Waals surface area contributed by atoms with E-state index in [9.17, 15) is 4.79 Å². The largest absolute Gasteiger partial charge is 0.334 e. The average molecular weight is 335 g/mol. The Kier molecular flexibility index (Phi) is 5.12. The zero-order valence-corrected chi connectivity index (χ0v) is 15.6. The Morgan fingerprint density at radius 1 is 1.30 bits per heavy atom. The Morgan fingerprint density at radius 3 is 2.78 bits per heavy atom. The van der Waals surface area contributed by atoms with Crippen LogP contribution in [-0.2, 0) is 4.79 Å². The normalized spacial score (nSPS) is 26.1. The molecule has 0 unspecified atom stereocenters. The fraction of sp³-hybridized carbons (Fsp3) is 0.737. The number of nitrogens with zero attached hydrogens (tertiary/aromatic N) is 2. The third-order valence-electron chi connectivity index (χ3n) is 5.96.